The molecule has 1 aromatic carbocycles. The van der Waals surface area contributed by atoms with E-state index in [1.54, 1.807) is 0 Å². The molecule has 1 aliphatic rings. The standard InChI is InChI=1S/C14H17NO/c1-2-5-13(16)14(10-15)9-8-11-6-3-4-7-12(11)14/h3-4,6-7,13,16H,2,5,8-9H2,1H3. The van der Waals surface area contributed by atoms with Gasteiger partial charge in [0.25, 0.3) is 0 Å². The first kappa shape index (κ1) is 11.2. The van der Waals surface area contributed by atoms with Gasteiger partial charge in [0, 0.05) is 0 Å². The molecular weight excluding hydrogens is 198 g/mol. The monoisotopic (exact) mass is 215 g/mol. The van der Waals surface area contributed by atoms with Crippen molar-refractivity contribution in [2.45, 2.75) is 44.1 Å². The molecule has 2 unspecified atom stereocenters. The normalized spacial score (nSPS) is 24.8. The van der Waals surface area contributed by atoms with E-state index in [2.05, 4.69) is 12.1 Å². The summed E-state index contributed by atoms with van der Waals surface area (Å²) < 4.78 is 0. The summed E-state index contributed by atoms with van der Waals surface area (Å²) in [5, 5.41) is 19.7. The maximum Gasteiger partial charge on any atom is 0.109 e. The van der Waals surface area contributed by atoms with Crippen LogP contribution in [0.1, 0.15) is 37.3 Å². The van der Waals surface area contributed by atoms with Crippen molar-refractivity contribution >= 4 is 0 Å². The molecule has 2 rings (SSSR count). The Hall–Kier alpha value is -1.33. The van der Waals surface area contributed by atoms with E-state index in [1.165, 1.54) is 5.56 Å². The van der Waals surface area contributed by atoms with Crippen LogP contribution in [0.2, 0.25) is 0 Å². The Kier molecular flexibility index (Phi) is 2.98. The average Bonchev–Trinajstić information content (AvgIpc) is 2.69. The predicted molar refractivity (Wildman–Crippen MR) is 63.0 cm³/mol. The number of fused-ring (bicyclic) bond motifs is 1. The summed E-state index contributed by atoms with van der Waals surface area (Å²) in [5.41, 5.74) is 1.60. The molecule has 0 saturated carbocycles. The lowest BCUT2D eigenvalue weighted by molar-refractivity contribution is 0.100. The van der Waals surface area contributed by atoms with Gasteiger partial charge in [-0.05, 0) is 30.4 Å². The lowest BCUT2D eigenvalue weighted by Gasteiger charge is -2.28. The van der Waals surface area contributed by atoms with Crippen molar-refractivity contribution in [1.82, 2.24) is 0 Å². The zero-order valence-electron chi connectivity index (χ0n) is 9.61. The van der Waals surface area contributed by atoms with Gasteiger partial charge >= 0.3 is 0 Å². The number of rotatable bonds is 3. The van der Waals surface area contributed by atoms with Crippen LogP contribution in [0.25, 0.3) is 0 Å². The number of hydrogen-bond acceptors (Lipinski definition) is 2. The number of nitrogens with zero attached hydrogens (tertiary/aromatic N) is 1. The third kappa shape index (κ3) is 1.52. The quantitative estimate of drug-likeness (QED) is 0.842. The minimum atomic E-state index is -0.660. The van der Waals surface area contributed by atoms with Gasteiger partial charge in [0.05, 0.1) is 12.2 Å². The Bertz CT molecular complexity index is 421. The largest absolute Gasteiger partial charge is 0.391 e. The fourth-order valence-corrected chi connectivity index (χ4v) is 2.70. The molecule has 0 spiro atoms. The van der Waals surface area contributed by atoms with Crippen LogP contribution < -0.4 is 0 Å². The number of aliphatic hydroxyl groups is 1. The van der Waals surface area contributed by atoms with Gasteiger partial charge in [-0.1, -0.05) is 37.6 Å². The third-order valence-corrected chi connectivity index (χ3v) is 3.62. The second-order valence-electron chi connectivity index (χ2n) is 4.54. The molecule has 0 fully saturated rings. The van der Waals surface area contributed by atoms with E-state index in [1.807, 2.05) is 25.1 Å². The number of benzene rings is 1. The molecule has 2 atom stereocenters. The maximum atomic E-state index is 10.2. The smallest absolute Gasteiger partial charge is 0.109 e. The molecule has 84 valence electrons. The zero-order valence-corrected chi connectivity index (χ0v) is 9.61. The number of aliphatic hydroxyl groups excluding tert-OH is 1. The van der Waals surface area contributed by atoms with Crippen molar-refractivity contribution in [2.24, 2.45) is 0 Å². The molecule has 0 saturated heterocycles. The van der Waals surface area contributed by atoms with E-state index in [0.717, 1.165) is 24.8 Å². The van der Waals surface area contributed by atoms with Crippen molar-refractivity contribution in [2.75, 3.05) is 0 Å². The summed E-state index contributed by atoms with van der Waals surface area (Å²) in [6, 6.07) is 10.4. The predicted octanol–water partition coefficient (Wildman–Crippen LogP) is 2.56. The van der Waals surface area contributed by atoms with Gasteiger partial charge in [-0.2, -0.15) is 5.26 Å². The topological polar surface area (TPSA) is 44.0 Å². The first-order chi connectivity index (χ1) is 7.74. The van der Waals surface area contributed by atoms with Gasteiger partial charge in [0.15, 0.2) is 0 Å². The molecule has 0 radical (unpaired) electrons. The summed E-state index contributed by atoms with van der Waals surface area (Å²) in [6.07, 6.45) is 2.73. The minimum Gasteiger partial charge on any atom is -0.391 e. The Morgan fingerprint density at radius 2 is 2.25 bits per heavy atom. The van der Waals surface area contributed by atoms with Gasteiger partial charge in [-0.3, -0.25) is 0 Å². The van der Waals surface area contributed by atoms with E-state index in [0.29, 0.717) is 6.42 Å². The summed E-state index contributed by atoms with van der Waals surface area (Å²) in [4.78, 5) is 0. The highest BCUT2D eigenvalue weighted by Crippen LogP contribution is 2.42. The molecule has 2 nitrogen and oxygen atoms in total. The van der Waals surface area contributed by atoms with E-state index >= 15 is 0 Å². The van der Waals surface area contributed by atoms with Crippen LogP contribution in [-0.4, -0.2) is 11.2 Å². The fourth-order valence-electron chi connectivity index (χ4n) is 2.70. The zero-order chi connectivity index (χ0) is 11.6. The minimum absolute atomic E-state index is 0.536. The van der Waals surface area contributed by atoms with Crippen LogP contribution in [-0.2, 0) is 11.8 Å². The fraction of sp³-hybridized carbons (Fsp3) is 0.500. The Morgan fingerprint density at radius 1 is 1.50 bits per heavy atom. The first-order valence-corrected chi connectivity index (χ1v) is 5.92. The van der Waals surface area contributed by atoms with Crippen LogP contribution in [0, 0.1) is 11.3 Å². The van der Waals surface area contributed by atoms with Gasteiger partial charge in [0.2, 0.25) is 0 Å². The van der Waals surface area contributed by atoms with Crippen molar-refractivity contribution in [3.05, 3.63) is 35.4 Å². The number of nitriles is 1. The van der Waals surface area contributed by atoms with E-state index in [9.17, 15) is 10.4 Å². The highest BCUT2D eigenvalue weighted by Gasteiger charge is 2.44. The SMILES string of the molecule is CCCC(O)C1(C#N)CCc2ccccc21. The lowest BCUT2D eigenvalue weighted by atomic mass is 9.76. The Labute approximate surface area is 96.5 Å². The van der Waals surface area contributed by atoms with Gasteiger partial charge < -0.3 is 5.11 Å². The Morgan fingerprint density at radius 3 is 2.94 bits per heavy atom. The van der Waals surface area contributed by atoms with Crippen molar-refractivity contribution in [3.8, 4) is 6.07 Å². The first-order valence-electron chi connectivity index (χ1n) is 5.92. The number of hydrogen-bond donors (Lipinski definition) is 1. The second-order valence-corrected chi connectivity index (χ2v) is 4.54. The third-order valence-electron chi connectivity index (χ3n) is 3.62. The molecule has 1 N–H and O–H groups in total. The molecule has 0 amide bonds. The summed E-state index contributed by atoms with van der Waals surface area (Å²) >= 11 is 0. The molecule has 1 aliphatic carbocycles. The summed E-state index contributed by atoms with van der Waals surface area (Å²) in [6.45, 7) is 2.04. The highest BCUT2D eigenvalue weighted by molar-refractivity contribution is 5.45. The van der Waals surface area contributed by atoms with Crippen LogP contribution in [0.3, 0.4) is 0 Å². The molecule has 0 aromatic heterocycles. The van der Waals surface area contributed by atoms with Crippen LogP contribution in [0.4, 0.5) is 0 Å². The van der Waals surface area contributed by atoms with Gasteiger partial charge in [-0.25, -0.2) is 0 Å². The molecule has 0 aliphatic heterocycles. The van der Waals surface area contributed by atoms with Crippen LogP contribution in [0.5, 0.6) is 0 Å². The van der Waals surface area contributed by atoms with Gasteiger partial charge in [0.1, 0.15) is 5.41 Å². The number of aryl methyl sites for hydroxylation is 1. The van der Waals surface area contributed by atoms with E-state index in [-0.39, 0.29) is 0 Å². The molecule has 1 aromatic rings. The molecule has 2 heteroatoms. The highest BCUT2D eigenvalue weighted by atomic mass is 16.3. The van der Waals surface area contributed by atoms with E-state index < -0.39 is 11.5 Å². The second kappa shape index (κ2) is 4.27. The van der Waals surface area contributed by atoms with Crippen molar-refractivity contribution in [1.29, 1.82) is 5.26 Å². The van der Waals surface area contributed by atoms with Crippen molar-refractivity contribution in [3.63, 3.8) is 0 Å². The molecule has 16 heavy (non-hydrogen) atoms. The summed E-state index contributed by atoms with van der Waals surface area (Å²) in [7, 11) is 0. The molecular formula is C14H17NO. The van der Waals surface area contributed by atoms with Gasteiger partial charge in [-0.15, -0.1) is 0 Å². The average molecular weight is 215 g/mol. The van der Waals surface area contributed by atoms with E-state index in [4.69, 9.17) is 0 Å². The van der Waals surface area contributed by atoms with Crippen LogP contribution >= 0.6 is 0 Å². The maximum absolute atomic E-state index is 10.2. The summed E-state index contributed by atoms with van der Waals surface area (Å²) in [5.74, 6) is 0. The van der Waals surface area contributed by atoms with Crippen molar-refractivity contribution < 1.29 is 5.11 Å². The molecule has 0 heterocycles. The Balaban J connectivity index is 2.42. The van der Waals surface area contributed by atoms with Crippen LogP contribution in [0.15, 0.2) is 24.3 Å². The lowest BCUT2D eigenvalue weighted by Crippen LogP contribution is -2.36. The molecule has 0 bridgehead atoms.